The van der Waals surface area contributed by atoms with Gasteiger partial charge >= 0.3 is 0 Å². The normalized spacial score (nSPS) is 15.3. The summed E-state index contributed by atoms with van der Waals surface area (Å²) in [5.41, 5.74) is 2.33. The van der Waals surface area contributed by atoms with Crippen molar-refractivity contribution in [3.8, 4) is 11.5 Å². The van der Waals surface area contributed by atoms with Crippen molar-refractivity contribution < 1.29 is 19.1 Å². The number of hydrogen-bond donors (Lipinski definition) is 1. The number of hydrogen-bond acceptors (Lipinski definition) is 6. The number of rotatable bonds is 5. The molecule has 1 fully saturated rings. The van der Waals surface area contributed by atoms with E-state index in [-0.39, 0.29) is 24.4 Å². The quantitative estimate of drug-likeness (QED) is 0.600. The van der Waals surface area contributed by atoms with Crippen molar-refractivity contribution in [2.24, 2.45) is 0 Å². The molecular formula is C21H21N3O4S. The Morgan fingerprint density at radius 1 is 1.17 bits per heavy atom. The van der Waals surface area contributed by atoms with Crippen molar-refractivity contribution in [1.82, 2.24) is 9.88 Å². The highest BCUT2D eigenvalue weighted by Crippen LogP contribution is 2.34. The van der Waals surface area contributed by atoms with Gasteiger partial charge in [0.15, 0.2) is 11.5 Å². The molecule has 0 aliphatic carbocycles. The second kappa shape index (κ2) is 8.57. The molecule has 3 heterocycles. The van der Waals surface area contributed by atoms with Gasteiger partial charge in [0.1, 0.15) is 5.03 Å². The molecule has 2 amide bonds. The van der Waals surface area contributed by atoms with Gasteiger partial charge in [0, 0.05) is 31.0 Å². The number of carbonyl (C=O) groups excluding carboxylic acids is 2. The van der Waals surface area contributed by atoms with Gasteiger partial charge in [-0.25, -0.2) is 4.98 Å². The molecule has 8 heteroatoms. The van der Waals surface area contributed by atoms with Crippen molar-refractivity contribution in [3.63, 3.8) is 0 Å². The monoisotopic (exact) mass is 411 g/mol. The minimum absolute atomic E-state index is 0.0516. The van der Waals surface area contributed by atoms with Crippen molar-refractivity contribution in [2.75, 3.05) is 31.0 Å². The third kappa shape index (κ3) is 4.54. The van der Waals surface area contributed by atoms with Crippen molar-refractivity contribution in [1.29, 1.82) is 0 Å². The molecule has 150 valence electrons. The number of carbonyl (C=O) groups is 2. The van der Waals surface area contributed by atoms with Crippen LogP contribution in [0.1, 0.15) is 23.2 Å². The summed E-state index contributed by atoms with van der Waals surface area (Å²) < 4.78 is 10.6. The average molecular weight is 411 g/mol. The topological polar surface area (TPSA) is 80.8 Å². The van der Waals surface area contributed by atoms with Gasteiger partial charge in [-0.3, -0.25) is 9.59 Å². The van der Waals surface area contributed by atoms with Gasteiger partial charge in [0.25, 0.3) is 5.91 Å². The molecular weight excluding hydrogens is 390 g/mol. The van der Waals surface area contributed by atoms with E-state index in [0.717, 1.165) is 12.8 Å². The number of ether oxygens (including phenoxy) is 2. The van der Waals surface area contributed by atoms with Crippen molar-refractivity contribution in [2.45, 2.75) is 17.9 Å². The average Bonchev–Trinajstić information content (AvgIpc) is 3.20. The molecule has 1 N–H and O–H groups in total. The first-order valence-electron chi connectivity index (χ1n) is 9.33. The van der Waals surface area contributed by atoms with Crippen LogP contribution in [0.4, 0.5) is 5.69 Å². The first-order valence-corrected chi connectivity index (χ1v) is 10.3. The van der Waals surface area contributed by atoms with Gasteiger partial charge in [-0.05, 0) is 37.1 Å². The van der Waals surface area contributed by atoms with Crippen LogP contribution < -0.4 is 14.8 Å². The van der Waals surface area contributed by atoms with E-state index in [1.807, 2.05) is 4.90 Å². The lowest BCUT2D eigenvalue weighted by atomic mass is 10.1. The number of likely N-dealkylation sites (tertiary alicyclic amines) is 1. The molecule has 1 aromatic carbocycles. The molecule has 4 rings (SSSR count). The first kappa shape index (κ1) is 19.3. The first-order chi connectivity index (χ1) is 14.1. The van der Waals surface area contributed by atoms with Crippen LogP contribution in [0, 0.1) is 0 Å². The van der Waals surface area contributed by atoms with E-state index in [1.165, 1.54) is 17.3 Å². The third-order valence-corrected chi connectivity index (χ3v) is 5.76. The molecule has 1 saturated heterocycles. The third-order valence-electron chi connectivity index (χ3n) is 4.76. The van der Waals surface area contributed by atoms with Crippen LogP contribution in [0.5, 0.6) is 11.5 Å². The summed E-state index contributed by atoms with van der Waals surface area (Å²) in [4.78, 5) is 31.4. The predicted molar refractivity (Wildman–Crippen MR) is 110 cm³/mol. The van der Waals surface area contributed by atoms with E-state index < -0.39 is 0 Å². The largest absolute Gasteiger partial charge is 0.454 e. The number of piperidine rings is 1. The molecule has 2 aliphatic rings. The smallest absolute Gasteiger partial charge is 0.256 e. The fourth-order valence-corrected chi connectivity index (χ4v) is 3.96. The number of thioether (sulfide) groups is 1. The maximum atomic E-state index is 12.9. The standard InChI is InChI=1S/C21H21N3O4S/c1-14-6-9-24(10-7-14)21(26)16-3-2-8-22-20(16)29-12-19(25)23-15-4-5-17-18(11-15)28-13-27-17/h2-5,8,11H,1,6-7,9-10,12-13H2,(H,23,25). The molecule has 0 spiro atoms. The molecule has 2 aliphatic heterocycles. The highest BCUT2D eigenvalue weighted by Gasteiger charge is 2.23. The van der Waals surface area contributed by atoms with Crippen LogP contribution >= 0.6 is 11.8 Å². The van der Waals surface area contributed by atoms with Gasteiger partial charge < -0.3 is 19.7 Å². The number of benzene rings is 1. The Bertz CT molecular complexity index is 953. The van der Waals surface area contributed by atoms with Gasteiger partial charge in [-0.1, -0.05) is 23.9 Å². The van der Waals surface area contributed by atoms with E-state index in [1.54, 1.807) is 36.5 Å². The molecule has 29 heavy (non-hydrogen) atoms. The summed E-state index contributed by atoms with van der Waals surface area (Å²) >= 11 is 1.25. The second-order valence-corrected chi connectivity index (χ2v) is 7.77. The lowest BCUT2D eigenvalue weighted by Gasteiger charge is -2.28. The zero-order valence-electron chi connectivity index (χ0n) is 15.8. The van der Waals surface area contributed by atoms with E-state index >= 15 is 0 Å². The van der Waals surface area contributed by atoms with Crippen LogP contribution in [-0.4, -0.2) is 47.3 Å². The molecule has 7 nitrogen and oxygen atoms in total. The molecule has 2 aromatic rings. The van der Waals surface area contributed by atoms with Crippen molar-refractivity contribution in [3.05, 3.63) is 54.2 Å². The van der Waals surface area contributed by atoms with Crippen LogP contribution in [0.15, 0.2) is 53.7 Å². The van der Waals surface area contributed by atoms with Crippen LogP contribution in [-0.2, 0) is 4.79 Å². The predicted octanol–water partition coefficient (Wildman–Crippen LogP) is 3.33. The summed E-state index contributed by atoms with van der Waals surface area (Å²) in [5, 5.41) is 3.39. The van der Waals surface area contributed by atoms with Gasteiger partial charge in [0.2, 0.25) is 12.7 Å². The fourth-order valence-electron chi connectivity index (χ4n) is 3.17. The van der Waals surface area contributed by atoms with Gasteiger partial charge in [0.05, 0.1) is 11.3 Å². The Morgan fingerprint density at radius 2 is 1.97 bits per heavy atom. The summed E-state index contributed by atoms with van der Waals surface area (Å²) in [7, 11) is 0. The van der Waals surface area contributed by atoms with E-state index in [4.69, 9.17) is 9.47 Å². The minimum Gasteiger partial charge on any atom is -0.454 e. The van der Waals surface area contributed by atoms with Crippen molar-refractivity contribution >= 4 is 29.3 Å². The Balaban J connectivity index is 1.37. The minimum atomic E-state index is -0.188. The molecule has 0 unspecified atom stereocenters. The Kier molecular flexibility index (Phi) is 5.71. The number of nitrogens with one attached hydrogen (secondary N) is 1. The summed E-state index contributed by atoms with van der Waals surface area (Å²) in [6.45, 7) is 5.51. The second-order valence-electron chi connectivity index (χ2n) is 6.80. The molecule has 0 bridgehead atoms. The number of aromatic nitrogens is 1. The fraction of sp³-hybridized carbons (Fsp3) is 0.286. The summed E-state index contributed by atoms with van der Waals surface area (Å²) in [6.07, 6.45) is 3.28. The molecule has 0 saturated carbocycles. The molecule has 0 radical (unpaired) electrons. The highest BCUT2D eigenvalue weighted by atomic mass is 32.2. The number of anilines is 1. The zero-order valence-corrected chi connectivity index (χ0v) is 16.7. The SMILES string of the molecule is C=C1CCN(C(=O)c2cccnc2SCC(=O)Nc2ccc3c(c2)OCO3)CC1. The highest BCUT2D eigenvalue weighted by molar-refractivity contribution is 8.00. The zero-order chi connectivity index (χ0) is 20.2. The number of nitrogens with zero attached hydrogens (tertiary/aromatic N) is 2. The number of amides is 2. The Morgan fingerprint density at radius 3 is 2.79 bits per heavy atom. The maximum Gasteiger partial charge on any atom is 0.256 e. The van der Waals surface area contributed by atoms with Crippen LogP contribution in [0.2, 0.25) is 0 Å². The van der Waals surface area contributed by atoms with E-state index in [9.17, 15) is 9.59 Å². The maximum absolute atomic E-state index is 12.9. The number of fused-ring (bicyclic) bond motifs is 1. The van der Waals surface area contributed by atoms with E-state index in [0.29, 0.717) is 40.9 Å². The summed E-state index contributed by atoms with van der Waals surface area (Å²) in [6, 6.07) is 8.75. The van der Waals surface area contributed by atoms with Crippen LogP contribution in [0.3, 0.4) is 0 Å². The lowest BCUT2D eigenvalue weighted by molar-refractivity contribution is -0.113. The molecule has 0 atom stereocenters. The Hall–Kier alpha value is -3.00. The van der Waals surface area contributed by atoms with Crippen LogP contribution in [0.25, 0.3) is 0 Å². The number of pyridine rings is 1. The van der Waals surface area contributed by atoms with E-state index in [2.05, 4.69) is 16.9 Å². The lowest BCUT2D eigenvalue weighted by Crippen LogP contribution is -2.36. The summed E-state index contributed by atoms with van der Waals surface area (Å²) in [5.74, 6) is 1.17. The van der Waals surface area contributed by atoms with Gasteiger partial charge in [-0.15, -0.1) is 0 Å². The van der Waals surface area contributed by atoms with Gasteiger partial charge in [-0.2, -0.15) is 0 Å². The molecule has 1 aromatic heterocycles. The Labute approximate surface area is 173 Å².